The van der Waals surface area contributed by atoms with Crippen LogP contribution in [0.5, 0.6) is 0 Å². The molecule has 1 unspecified atom stereocenters. The summed E-state index contributed by atoms with van der Waals surface area (Å²) in [6, 6.07) is 9.24. The fourth-order valence-electron chi connectivity index (χ4n) is 2.47. The van der Waals surface area contributed by atoms with Crippen molar-refractivity contribution in [2.75, 3.05) is 13.1 Å². The minimum atomic E-state index is 0.666. The Morgan fingerprint density at radius 1 is 1.19 bits per heavy atom. The molecule has 88 valence electrons. The van der Waals surface area contributed by atoms with Gasteiger partial charge in [-0.15, -0.1) is 0 Å². The molecule has 1 nitrogen and oxygen atoms in total. The highest BCUT2D eigenvalue weighted by molar-refractivity contribution is 9.10. The van der Waals surface area contributed by atoms with Crippen LogP contribution < -0.4 is 0 Å². The normalized spacial score (nSPS) is 19.6. The van der Waals surface area contributed by atoms with Crippen LogP contribution in [0.4, 0.5) is 0 Å². The minimum absolute atomic E-state index is 0.666. The highest BCUT2D eigenvalue weighted by Gasteiger charge is 2.17. The topological polar surface area (TPSA) is 3.24 Å². The van der Waals surface area contributed by atoms with E-state index in [1.807, 2.05) is 0 Å². The maximum Gasteiger partial charge on any atom is 0.0207 e. The molecule has 0 aromatic heterocycles. The Morgan fingerprint density at radius 2 is 1.88 bits per heavy atom. The summed E-state index contributed by atoms with van der Waals surface area (Å²) < 4.78 is 1.25. The number of rotatable bonds is 3. The second-order valence-electron chi connectivity index (χ2n) is 4.74. The van der Waals surface area contributed by atoms with E-state index in [9.17, 15) is 0 Å². The van der Waals surface area contributed by atoms with Crippen molar-refractivity contribution in [3.8, 4) is 0 Å². The molecule has 2 rings (SSSR count). The van der Waals surface area contributed by atoms with E-state index in [1.54, 1.807) is 0 Å². The molecule has 1 aromatic rings. The third-order valence-electron chi connectivity index (χ3n) is 3.49. The van der Waals surface area contributed by atoms with Gasteiger partial charge >= 0.3 is 0 Å². The van der Waals surface area contributed by atoms with E-state index >= 15 is 0 Å². The summed E-state index contributed by atoms with van der Waals surface area (Å²) in [6.07, 6.45) is 5.32. The van der Waals surface area contributed by atoms with Crippen molar-refractivity contribution in [1.82, 2.24) is 4.90 Å². The SMILES string of the molecule is CC(Cc1ccccc1Br)N1CCCCC1. The molecule has 0 saturated carbocycles. The molecule has 1 aliphatic heterocycles. The number of likely N-dealkylation sites (tertiary alicyclic amines) is 1. The summed E-state index contributed by atoms with van der Waals surface area (Å²) in [4.78, 5) is 2.63. The second-order valence-corrected chi connectivity index (χ2v) is 5.60. The predicted molar refractivity (Wildman–Crippen MR) is 72.7 cm³/mol. The number of nitrogens with zero attached hydrogens (tertiary/aromatic N) is 1. The minimum Gasteiger partial charge on any atom is -0.300 e. The molecule has 0 radical (unpaired) electrons. The first-order chi connectivity index (χ1) is 7.77. The predicted octanol–water partition coefficient (Wildman–Crippen LogP) is 3.87. The van der Waals surface area contributed by atoms with Crippen molar-refractivity contribution in [3.63, 3.8) is 0 Å². The number of benzene rings is 1. The zero-order valence-corrected chi connectivity index (χ0v) is 11.5. The van der Waals surface area contributed by atoms with E-state index < -0.39 is 0 Å². The van der Waals surface area contributed by atoms with Crippen molar-refractivity contribution in [2.45, 2.75) is 38.6 Å². The lowest BCUT2D eigenvalue weighted by atomic mass is 10.0. The van der Waals surface area contributed by atoms with Crippen LogP contribution in [0.1, 0.15) is 31.7 Å². The molecule has 1 aliphatic rings. The molecule has 0 N–H and O–H groups in total. The van der Waals surface area contributed by atoms with E-state index in [-0.39, 0.29) is 0 Å². The summed E-state index contributed by atoms with van der Waals surface area (Å²) in [5, 5.41) is 0. The first-order valence-electron chi connectivity index (χ1n) is 6.25. The van der Waals surface area contributed by atoms with Crippen LogP contribution in [-0.4, -0.2) is 24.0 Å². The van der Waals surface area contributed by atoms with Crippen LogP contribution in [0.3, 0.4) is 0 Å². The molecule has 1 saturated heterocycles. The summed E-state index contributed by atoms with van der Waals surface area (Å²) >= 11 is 3.63. The second kappa shape index (κ2) is 5.83. The molecule has 2 heteroatoms. The van der Waals surface area contributed by atoms with Gasteiger partial charge in [-0.3, -0.25) is 0 Å². The van der Waals surface area contributed by atoms with Crippen LogP contribution in [0.25, 0.3) is 0 Å². The summed E-state index contributed by atoms with van der Waals surface area (Å²) in [5.41, 5.74) is 1.43. The average Bonchev–Trinajstić information content (AvgIpc) is 2.33. The van der Waals surface area contributed by atoms with Gasteiger partial charge < -0.3 is 4.90 Å². The van der Waals surface area contributed by atoms with Gasteiger partial charge in [0.1, 0.15) is 0 Å². The molecule has 1 atom stereocenters. The van der Waals surface area contributed by atoms with Gasteiger partial charge in [0, 0.05) is 10.5 Å². The van der Waals surface area contributed by atoms with Gasteiger partial charge in [-0.25, -0.2) is 0 Å². The zero-order chi connectivity index (χ0) is 11.4. The first-order valence-corrected chi connectivity index (χ1v) is 7.04. The molecule has 0 spiro atoms. The van der Waals surface area contributed by atoms with E-state index in [0.717, 1.165) is 6.42 Å². The smallest absolute Gasteiger partial charge is 0.0207 e. The quantitative estimate of drug-likeness (QED) is 0.813. The number of hydrogen-bond acceptors (Lipinski definition) is 1. The van der Waals surface area contributed by atoms with Crippen molar-refractivity contribution in [1.29, 1.82) is 0 Å². The highest BCUT2D eigenvalue weighted by Crippen LogP contribution is 2.20. The van der Waals surface area contributed by atoms with Crippen LogP contribution in [-0.2, 0) is 6.42 Å². The fraction of sp³-hybridized carbons (Fsp3) is 0.571. The first kappa shape index (κ1) is 12.1. The Hall–Kier alpha value is -0.340. The Labute approximate surface area is 107 Å². The van der Waals surface area contributed by atoms with Crippen LogP contribution >= 0.6 is 15.9 Å². The molecular weight excluding hydrogens is 262 g/mol. The van der Waals surface area contributed by atoms with Crippen LogP contribution in [0, 0.1) is 0 Å². The van der Waals surface area contributed by atoms with Crippen LogP contribution in [0.15, 0.2) is 28.7 Å². The lowest BCUT2D eigenvalue weighted by molar-refractivity contribution is 0.173. The van der Waals surface area contributed by atoms with Crippen molar-refractivity contribution in [3.05, 3.63) is 34.3 Å². The summed E-state index contributed by atoms with van der Waals surface area (Å²) in [6.45, 7) is 4.92. The van der Waals surface area contributed by atoms with Crippen LogP contribution in [0.2, 0.25) is 0 Å². The van der Waals surface area contributed by atoms with Crippen molar-refractivity contribution < 1.29 is 0 Å². The van der Waals surface area contributed by atoms with Gasteiger partial charge in [0.15, 0.2) is 0 Å². The van der Waals surface area contributed by atoms with E-state index in [0.29, 0.717) is 6.04 Å². The third kappa shape index (κ3) is 3.08. The molecule has 0 bridgehead atoms. The van der Waals surface area contributed by atoms with Gasteiger partial charge in [0.05, 0.1) is 0 Å². The summed E-state index contributed by atoms with van der Waals surface area (Å²) in [7, 11) is 0. The van der Waals surface area contributed by atoms with Crippen molar-refractivity contribution >= 4 is 15.9 Å². The number of halogens is 1. The number of piperidine rings is 1. The fourth-order valence-corrected chi connectivity index (χ4v) is 2.92. The lowest BCUT2D eigenvalue weighted by Crippen LogP contribution is -2.38. The Balaban J connectivity index is 1.96. The van der Waals surface area contributed by atoms with E-state index in [1.165, 1.54) is 42.4 Å². The maximum absolute atomic E-state index is 3.63. The Kier molecular flexibility index (Phi) is 4.42. The van der Waals surface area contributed by atoms with Gasteiger partial charge in [-0.05, 0) is 50.9 Å². The Morgan fingerprint density at radius 3 is 2.56 bits per heavy atom. The monoisotopic (exact) mass is 281 g/mol. The molecule has 0 amide bonds. The molecule has 1 fully saturated rings. The maximum atomic E-state index is 3.63. The van der Waals surface area contributed by atoms with E-state index in [2.05, 4.69) is 52.0 Å². The third-order valence-corrected chi connectivity index (χ3v) is 4.26. The van der Waals surface area contributed by atoms with Crippen molar-refractivity contribution in [2.24, 2.45) is 0 Å². The van der Waals surface area contributed by atoms with Gasteiger partial charge in [-0.1, -0.05) is 40.5 Å². The average molecular weight is 282 g/mol. The molecule has 1 aromatic carbocycles. The van der Waals surface area contributed by atoms with Gasteiger partial charge in [0.2, 0.25) is 0 Å². The highest BCUT2D eigenvalue weighted by atomic mass is 79.9. The Bertz CT molecular complexity index is 331. The molecular formula is C14H20BrN. The number of hydrogen-bond donors (Lipinski definition) is 0. The van der Waals surface area contributed by atoms with E-state index in [4.69, 9.17) is 0 Å². The molecule has 0 aliphatic carbocycles. The largest absolute Gasteiger partial charge is 0.300 e. The van der Waals surface area contributed by atoms with Gasteiger partial charge in [0.25, 0.3) is 0 Å². The molecule has 1 heterocycles. The molecule has 16 heavy (non-hydrogen) atoms. The standard InChI is InChI=1S/C14H20BrN/c1-12(16-9-5-2-6-10-16)11-13-7-3-4-8-14(13)15/h3-4,7-8,12H,2,5-6,9-11H2,1H3. The zero-order valence-electron chi connectivity index (χ0n) is 9.95. The summed E-state index contributed by atoms with van der Waals surface area (Å²) in [5.74, 6) is 0. The van der Waals surface area contributed by atoms with Gasteiger partial charge in [-0.2, -0.15) is 0 Å². The lowest BCUT2D eigenvalue weighted by Gasteiger charge is -2.32.